The largest absolute Gasteiger partial charge is 0.393 e. The molecular weight excluding hydrogens is 236 g/mol. The Morgan fingerprint density at radius 2 is 1.81 bits per heavy atom. The van der Waals surface area contributed by atoms with Gasteiger partial charge >= 0.3 is 0 Å². The van der Waals surface area contributed by atoms with Gasteiger partial charge in [-0.1, -0.05) is 12.2 Å². The summed E-state index contributed by atoms with van der Waals surface area (Å²) >= 11 is 4.59. The molecule has 0 saturated carbocycles. The predicted molar refractivity (Wildman–Crippen MR) is 60.1 cm³/mol. The fourth-order valence-corrected chi connectivity index (χ4v) is 1.25. The number of nitrogen functional groups attached to an aromatic ring is 1. The zero-order valence-electron chi connectivity index (χ0n) is 7.75. The minimum atomic E-state index is -0.829. The molecule has 0 aromatic heterocycles. The van der Waals surface area contributed by atoms with Crippen molar-refractivity contribution in [2.24, 2.45) is 5.73 Å². The molecule has 0 heterocycles. The van der Waals surface area contributed by atoms with E-state index in [1.54, 1.807) is 0 Å². The van der Waals surface area contributed by atoms with E-state index in [0.29, 0.717) is 0 Å². The number of benzene rings is 1. The molecule has 0 amide bonds. The molecule has 0 fully saturated rings. The van der Waals surface area contributed by atoms with Crippen LogP contribution in [-0.2, 0) is 0 Å². The van der Waals surface area contributed by atoms with Crippen LogP contribution >= 0.6 is 12.2 Å². The third-order valence-corrected chi connectivity index (χ3v) is 2.04. The highest BCUT2D eigenvalue weighted by atomic mass is 32.1. The first-order chi connectivity index (χ1) is 7.34. The van der Waals surface area contributed by atoms with Gasteiger partial charge in [0.2, 0.25) is 0 Å². The number of non-ortho nitro benzene ring substituents is 1. The van der Waals surface area contributed by atoms with E-state index in [4.69, 9.17) is 11.5 Å². The maximum absolute atomic E-state index is 10.6. The fraction of sp³-hybridized carbons (Fsp3) is 0. The van der Waals surface area contributed by atoms with E-state index in [1.165, 1.54) is 0 Å². The Hall–Kier alpha value is -2.29. The number of nitro groups is 2. The van der Waals surface area contributed by atoms with Gasteiger partial charge in [0.05, 0.1) is 15.9 Å². The van der Waals surface area contributed by atoms with Gasteiger partial charge in [-0.15, -0.1) is 0 Å². The lowest BCUT2D eigenvalue weighted by Gasteiger charge is -2.04. The number of rotatable bonds is 3. The molecule has 8 nitrogen and oxygen atoms in total. The number of nitrogens with two attached hydrogens (primary N) is 2. The quantitative estimate of drug-likeness (QED) is 0.344. The van der Waals surface area contributed by atoms with Crippen molar-refractivity contribution in [1.29, 1.82) is 0 Å². The fourth-order valence-electron chi connectivity index (χ4n) is 1.08. The highest BCUT2D eigenvalue weighted by molar-refractivity contribution is 7.80. The molecule has 1 rings (SSSR count). The summed E-state index contributed by atoms with van der Waals surface area (Å²) in [6.07, 6.45) is 0. The average molecular weight is 242 g/mol. The molecule has 0 aliphatic carbocycles. The second-order valence-corrected chi connectivity index (χ2v) is 3.24. The summed E-state index contributed by atoms with van der Waals surface area (Å²) in [7, 11) is 0. The molecule has 9 heteroatoms. The van der Waals surface area contributed by atoms with E-state index in [9.17, 15) is 20.2 Å². The van der Waals surface area contributed by atoms with Crippen LogP contribution in [0.1, 0.15) is 5.56 Å². The minimum Gasteiger partial charge on any atom is -0.393 e. The van der Waals surface area contributed by atoms with Crippen molar-refractivity contribution >= 4 is 34.3 Å². The number of anilines is 1. The van der Waals surface area contributed by atoms with E-state index in [2.05, 4.69) is 12.2 Å². The lowest BCUT2D eigenvalue weighted by Crippen LogP contribution is -2.13. The molecule has 1 aromatic rings. The van der Waals surface area contributed by atoms with Gasteiger partial charge in [-0.3, -0.25) is 20.2 Å². The van der Waals surface area contributed by atoms with Crippen LogP contribution in [0.2, 0.25) is 0 Å². The van der Waals surface area contributed by atoms with E-state index >= 15 is 0 Å². The van der Waals surface area contributed by atoms with Crippen molar-refractivity contribution in [1.82, 2.24) is 0 Å². The standard InChI is InChI=1S/C7H6N4O4S/c8-6-4(7(9)16)1-3(10(12)13)2-5(6)11(14)15/h1-2H,8H2,(H2,9,16). The smallest absolute Gasteiger partial charge is 0.299 e. The number of hydrogen-bond acceptors (Lipinski definition) is 6. The second-order valence-electron chi connectivity index (χ2n) is 2.80. The molecule has 0 radical (unpaired) electrons. The molecule has 4 N–H and O–H groups in total. The van der Waals surface area contributed by atoms with Crippen LogP contribution in [0, 0.1) is 20.2 Å². The Labute approximate surface area is 94.1 Å². The van der Waals surface area contributed by atoms with Crippen LogP contribution in [0.25, 0.3) is 0 Å². The van der Waals surface area contributed by atoms with Gasteiger partial charge in [-0.05, 0) is 0 Å². The van der Waals surface area contributed by atoms with E-state index in [0.717, 1.165) is 12.1 Å². The molecule has 0 bridgehead atoms. The topological polar surface area (TPSA) is 138 Å². The molecular formula is C7H6N4O4S. The molecule has 0 unspecified atom stereocenters. The molecule has 0 saturated heterocycles. The van der Waals surface area contributed by atoms with Crippen molar-refractivity contribution in [3.8, 4) is 0 Å². The van der Waals surface area contributed by atoms with E-state index in [1.807, 2.05) is 0 Å². The van der Waals surface area contributed by atoms with Gasteiger partial charge < -0.3 is 11.5 Å². The van der Waals surface area contributed by atoms with Gasteiger partial charge in [0.1, 0.15) is 10.7 Å². The Bertz CT molecular complexity index is 466. The van der Waals surface area contributed by atoms with Crippen LogP contribution in [0.5, 0.6) is 0 Å². The summed E-state index contributed by atoms with van der Waals surface area (Å²) in [5.41, 5.74) is 9.26. The lowest BCUT2D eigenvalue weighted by atomic mass is 10.1. The number of nitrogens with zero attached hydrogens (tertiary/aromatic N) is 2. The zero-order chi connectivity index (χ0) is 12.5. The molecule has 1 aromatic carbocycles. The minimum absolute atomic E-state index is 0.0732. The third-order valence-electron chi connectivity index (χ3n) is 1.82. The first-order valence-electron chi connectivity index (χ1n) is 3.86. The third kappa shape index (κ3) is 2.03. The molecule has 0 aliphatic rings. The van der Waals surface area contributed by atoms with E-state index in [-0.39, 0.29) is 16.2 Å². The van der Waals surface area contributed by atoms with E-state index < -0.39 is 21.2 Å². The van der Waals surface area contributed by atoms with Crippen molar-refractivity contribution in [2.45, 2.75) is 0 Å². The van der Waals surface area contributed by atoms with Crippen LogP contribution in [0.3, 0.4) is 0 Å². The highest BCUT2D eigenvalue weighted by Crippen LogP contribution is 2.30. The van der Waals surface area contributed by atoms with Gasteiger partial charge in [-0.2, -0.15) is 0 Å². The first-order valence-corrected chi connectivity index (χ1v) is 4.27. The summed E-state index contributed by atoms with van der Waals surface area (Å²) in [6, 6.07) is 1.77. The van der Waals surface area contributed by atoms with Crippen molar-refractivity contribution < 1.29 is 9.85 Å². The van der Waals surface area contributed by atoms with Gasteiger partial charge in [0, 0.05) is 11.6 Å². The molecule has 0 spiro atoms. The number of thiocarbonyl (C=S) groups is 1. The van der Waals surface area contributed by atoms with Gasteiger partial charge in [-0.25, -0.2) is 0 Å². The normalized spacial score (nSPS) is 9.75. The van der Waals surface area contributed by atoms with Crippen molar-refractivity contribution in [2.75, 3.05) is 5.73 Å². The van der Waals surface area contributed by atoms with Gasteiger partial charge in [0.25, 0.3) is 11.4 Å². The molecule has 16 heavy (non-hydrogen) atoms. The summed E-state index contributed by atoms with van der Waals surface area (Å²) in [6.45, 7) is 0. The van der Waals surface area contributed by atoms with Crippen LogP contribution < -0.4 is 11.5 Å². The van der Waals surface area contributed by atoms with Crippen LogP contribution in [0.4, 0.5) is 17.1 Å². The number of nitro benzene ring substituents is 2. The van der Waals surface area contributed by atoms with Gasteiger partial charge in [0.15, 0.2) is 0 Å². The lowest BCUT2D eigenvalue weighted by molar-refractivity contribution is -0.393. The Morgan fingerprint density at radius 1 is 1.25 bits per heavy atom. The summed E-state index contributed by atoms with van der Waals surface area (Å²) in [5, 5.41) is 21.1. The SMILES string of the molecule is NC(=S)c1cc([N+](=O)[O-])cc([N+](=O)[O-])c1N. The maximum Gasteiger partial charge on any atom is 0.299 e. The highest BCUT2D eigenvalue weighted by Gasteiger charge is 2.22. The average Bonchev–Trinajstić information content (AvgIpc) is 2.16. The zero-order valence-corrected chi connectivity index (χ0v) is 8.56. The first kappa shape index (κ1) is 11.8. The summed E-state index contributed by atoms with van der Waals surface area (Å²) < 4.78 is 0. The predicted octanol–water partition coefficient (Wildman–Crippen LogP) is 0.719. The maximum atomic E-state index is 10.6. The monoisotopic (exact) mass is 242 g/mol. The Kier molecular flexibility index (Phi) is 2.99. The van der Waals surface area contributed by atoms with Crippen molar-refractivity contribution in [3.63, 3.8) is 0 Å². The van der Waals surface area contributed by atoms with Crippen LogP contribution in [-0.4, -0.2) is 14.8 Å². The molecule has 84 valence electrons. The van der Waals surface area contributed by atoms with Crippen LogP contribution in [0.15, 0.2) is 12.1 Å². The number of hydrogen-bond donors (Lipinski definition) is 2. The summed E-state index contributed by atoms with van der Waals surface area (Å²) in [4.78, 5) is 19.3. The Morgan fingerprint density at radius 3 is 2.19 bits per heavy atom. The molecule has 0 aliphatic heterocycles. The second kappa shape index (κ2) is 4.06. The molecule has 0 atom stereocenters. The summed E-state index contributed by atoms with van der Waals surface area (Å²) in [5.74, 6) is 0. The Balaban J connectivity index is 3.57. The van der Waals surface area contributed by atoms with Crippen molar-refractivity contribution in [3.05, 3.63) is 37.9 Å².